The molecule has 1 aromatic heterocycles. The van der Waals surface area contributed by atoms with E-state index < -0.39 is 0 Å². The molecule has 3 N–H and O–H groups in total. The molecule has 4 rings (SSSR count). The Bertz CT molecular complexity index is 1270. The van der Waals surface area contributed by atoms with E-state index in [9.17, 15) is 9.90 Å². The Labute approximate surface area is 189 Å². The van der Waals surface area contributed by atoms with Gasteiger partial charge in [-0.3, -0.25) is 10.2 Å². The number of hydrogen-bond donors (Lipinski definition) is 3. The van der Waals surface area contributed by atoms with Crippen molar-refractivity contribution in [3.05, 3.63) is 90.5 Å². The van der Waals surface area contributed by atoms with Crippen molar-refractivity contribution in [2.75, 3.05) is 11.1 Å². The predicted molar refractivity (Wildman–Crippen MR) is 129 cm³/mol. The number of nitrogens with zero attached hydrogens (tertiary/aromatic N) is 3. The summed E-state index contributed by atoms with van der Waals surface area (Å²) in [7, 11) is 0. The smallest absolute Gasteiger partial charge is 0.234 e. The molecule has 160 valence electrons. The van der Waals surface area contributed by atoms with E-state index in [1.165, 1.54) is 0 Å². The topological polar surface area (TPSA) is 103 Å². The van der Waals surface area contributed by atoms with Gasteiger partial charge in [-0.15, -0.1) is 10.2 Å². The monoisotopic (exact) mass is 443 g/mol. The zero-order chi connectivity index (χ0) is 22.3. The minimum atomic E-state index is -0.233. The number of hydrogen-bond acceptors (Lipinski definition) is 5. The lowest BCUT2D eigenvalue weighted by Gasteiger charge is -2.06. The first-order valence-electron chi connectivity index (χ1n) is 9.94. The summed E-state index contributed by atoms with van der Waals surface area (Å²) < 4.78 is 1.77. The molecule has 7 nitrogen and oxygen atoms in total. The maximum Gasteiger partial charge on any atom is 0.234 e. The Balaban J connectivity index is 1.47. The van der Waals surface area contributed by atoms with Gasteiger partial charge < -0.3 is 15.0 Å². The normalized spacial score (nSPS) is 11.1. The number of amides is 1. The number of azo groups is 1. The molecule has 0 spiro atoms. The zero-order valence-electron chi connectivity index (χ0n) is 17.1. The molecule has 0 saturated heterocycles. The van der Waals surface area contributed by atoms with Gasteiger partial charge in [0.1, 0.15) is 0 Å². The van der Waals surface area contributed by atoms with Crippen LogP contribution in [0.1, 0.15) is 5.56 Å². The standard InChI is InChI=1S/C24H21N5O2S/c25-24(32-16-21(30)26-18-11-5-2-6-12-18)28-27-22-19-13-7-8-14-20(19)29(23(22)31)15-17-9-3-1-4-10-17/h1-14,25,31H,15-16H2,(H,26,30). The number of para-hydroxylation sites is 2. The van der Waals surface area contributed by atoms with Gasteiger partial charge in [0.2, 0.25) is 17.0 Å². The lowest BCUT2D eigenvalue weighted by atomic mass is 10.2. The van der Waals surface area contributed by atoms with E-state index in [1.54, 1.807) is 16.7 Å². The number of nitrogens with one attached hydrogen (secondary N) is 2. The molecular weight excluding hydrogens is 422 g/mol. The van der Waals surface area contributed by atoms with Crippen molar-refractivity contribution in [1.82, 2.24) is 4.57 Å². The molecule has 0 unspecified atom stereocenters. The average molecular weight is 444 g/mol. The van der Waals surface area contributed by atoms with Crippen LogP contribution in [0.25, 0.3) is 10.9 Å². The highest BCUT2D eigenvalue weighted by atomic mass is 32.2. The molecule has 0 aliphatic heterocycles. The molecule has 0 aliphatic carbocycles. The van der Waals surface area contributed by atoms with Crippen LogP contribution in [0.3, 0.4) is 0 Å². The summed E-state index contributed by atoms with van der Waals surface area (Å²) in [6, 6.07) is 26.5. The van der Waals surface area contributed by atoms with E-state index in [-0.39, 0.29) is 22.7 Å². The van der Waals surface area contributed by atoms with Crippen molar-refractivity contribution in [3.8, 4) is 5.88 Å². The highest BCUT2D eigenvalue weighted by molar-refractivity contribution is 8.14. The zero-order valence-corrected chi connectivity index (χ0v) is 17.9. The number of benzene rings is 3. The Morgan fingerprint density at radius 3 is 2.38 bits per heavy atom. The Hall–Kier alpha value is -3.91. The summed E-state index contributed by atoms with van der Waals surface area (Å²) >= 11 is 0.966. The Morgan fingerprint density at radius 1 is 0.969 bits per heavy atom. The molecule has 3 aromatic carbocycles. The van der Waals surface area contributed by atoms with Crippen molar-refractivity contribution in [3.63, 3.8) is 0 Å². The van der Waals surface area contributed by atoms with Crippen LogP contribution in [0.2, 0.25) is 0 Å². The first kappa shape index (κ1) is 21.3. The minimum Gasteiger partial charge on any atom is -0.493 e. The third kappa shape index (κ3) is 5.04. The van der Waals surface area contributed by atoms with Gasteiger partial charge in [-0.1, -0.05) is 78.5 Å². The number of fused-ring (bicyclic) bond motifs is 1. The van der Waals surface area contributed by atoms with Crippen LogP contribution < -0.4 is 5.32 Å². The molecular formula is C24H21N5O2S. The van der Waals surface area contributed by atoms with Crippen LogP contribution >= 0.6 is 11.8 Å². The van der Waals surface area contributed by atoms with Gasteiger partial charge in [0.05, 0.1) is 17.8 Å². The van der Waals surface area contributed by atoms with Crippen LogP contribution in [0, 0.1) is 5.41 Å². The molecule has 0 fully saturated rings. The first-order chi connectivity index (χ1) is 15.6. The Kier molecular flexibility index (Phi) is 6.62. The highest BCUT2D eigenvalue weighted by Crippen LogP contribution is 2.39. The fraction of sp³-hybridized carbons (Fsp3) is 0.0833. The number of carbonyl (C=O) groups excluding carboxylic acids is 1. The molecule has 0 bridgehead atoms. The van der Waals surface area contributed by atoms with Gasteiger partial charge in [-0.2, -0.15) is 0 Å². The van der Waals surface area contributed by atoms with Crippen molar-refractivity contribution in [2.24, 2.45) is 10.2 Å². The quantitative estimate of drug-likeness (QED) is 0.200. The van der Waals surface area contributed by atoms with Crippen LogP contribution in [0.4, 0.5) is 11.4 Å². The molecule has 4 aromatic rings. The van der Waals surface area contributed by atoms with E-state index in [0.717, 1.165) is 28.2 Å². The molecule has 0 aliphatic rings. The number of anilines is 1. The van der Waals surface area contributed by atoms with Crippen LogP contribution in [-0.4, -0.2) is 26.5 Å². The van der Waals surface area contributed by atoms with Crippen molar-refractivity contribution in [2.45, 2.75) is 6.54 Å². The molecule has 1 amide bonds. The van der Waals surface area contributed by atoms with Gasteiger partial charge in [0.25, 0.3) is 0 Å². The summed E-state index contributed by atoms with van der Waals surface area (Å²) in [4.78, 5) is 12.1. The molecule has 8 heteroatoms. The molecule has 0 saturated carbocycles. The summed E-state index contributed by atoms with van der Waals surface area (Å²) in [6.07, 6.45) is 0. The van der Waals surface area contributed by atoms with Gasteiger partial charge in [0.15, 0.2) is 5.69 Å². The summed E-state index contributed by atoms with van der Waals surface area (Å²) in [5.74, 6) is -0.212. The largest absolute Gasteiger partial charge is 0.493 e. The lowest BCUT2D eigenvalue weighted by Crippen LogP contribution is -2.14. The summed E-state index contributed by atoms with van der Waals surface area (Å²) in [5, 5.41) is 30.3. The fourth-order valence-corrected chi connectivity index (χ4v) is 3.71. The second kappa shape index (κ2) is 9.93. The van der Waals surface area contributed by atoms with Crippen molar-refractivity contribution >= 4 is 45.1 Å². The maximum atomic E-state index is 12.1. The number of rotatable bonds is 6. The third-order valence-corrected chi connectivity index (χ3v) is 5.50. The van der Waals surface area contributed by atoms with E-state index in [0.29, 0.717) is 17.9 Å². The first-order valence-corrected chi connectivity index (χ1v) is 10.9. The Morgan fingerprint density at radius 2 is 1.62 bits per heavy atom. The van der Waals surface area contributed by atoms with Crippen LogP contribution in [0.5, 0.6) is 5.88 Å². The van der Waals surface area contributed by atoms with Gasteiger partial charge in [0, 0.05) is 11.1 Å². The van der Waals surface area contributed by atoms with Crippen LogP contribution in [-0.2, 0) is 11.3 Å². The van der Waals surface area contributed by atoms with E-state index >= 15 is 0 Å². The predicted octanol–water partition coefficient (Wildman–Crippen LogP) is 5.79. The molecule has 0 radical (unpaired) electrons. The summed E-state index contributed by atoms with van der Waals surface area (Å²) in [6.45, 7) is 0.481. The number of aromatic nitrogens is 1. The molecule has 0 atom stereocenters. The van der Waals surface area contributed by atoms with Crippen LogP contribution in [0.15, 0.2) is 95.2 Å². The minimum absolute atomic E-state index is 0.0153. The van der Waals surface area contributed by atoms with Crippen molar-refractivity contribution in [1.29, 1.82) is 5.41 Å². The van der Waals surface area contributed by atoms with Crippen molar-refractivity contribution < 1.29 is 9.90 Å². The SMILES string of the molecule is N=C(N=Nc1c(O)n(Cc2ccccc2)c2ccccc12)SCC(=O)Nc1ccccc1. The molecule has 1 heterocycles. The number of carbonyl (C=O) groups is 1. The van der Waals surface area contributed by atoms with E-state index in [1.807, 2.05) is 72.8 Å². The van der Waals surface area contributed by atoms with Gasteiger partial charge >= 0.3 is 0 Å². The van der Waals surface area contributed by atoms with Gasteiger partial charge in [-0.05, 0) is 23.8 Å². The lowest BCUT2D eigenvalue weighted by molar-refractivity contribution is -0.113. The third-order valence-electron chi connectivity index (χ3n) is 4.74. The average Bonchev–Trinajstić information content (AvgIpc) is 3.08. The van der Waals surface area contributed by atoms with Gasteiger partial charge in [-0.25, -0.2) is 0 Å². The number of amidine groups is 1. The molecule has 32 heavy (non-hydrogen) atoms. The highest BCUT2D eigenvalue weighted by Gasteiger charge is 2.17. The number of thioether (sulfide) groups is 1. The fourth-order valence-electron chi connectivity index (χ4n) is 3.27. The van der Waals surface area contributed by atoms with E-state index in [2.05, 4.69) is 15.5 Å². The second-order valence-corrected chi connectivity index (χ2v) is 7.93. The maximum absolute atomic E-state index is 12.1. The summed E-state index contributed by atoms with van der Waals surface area (Å²) in [5.41, 5.74) is 2.86. The van der Waals surface area contributed by atoms with E-state index in [4.69, 9.17) is 5.41 Å². The second-order valence-electron chi connectivity index (χ2n) is 6.97. The number of aromatic hydroxyl groups is 1.